The molecular weight excluding hydrogens is 763 g/mol. The van der Waals surface area contributed by atoms with Crippen LogP contribution in [-0.2, 0) is 21.7 Å². The smallest absolute Gasteiger partial charge is 0.252 e. The first kappa shape index (κ1) is 39.8. The van der Waals surface area contributed by atoms with Crippen molar-refractivity contribution in [3.63, 3.8) is 0 Å². The molecule has 1 aromatic heterocycles. The van der Waals surface area contributed by atoms with Crippen molar-refractivity contribution in [3.05, 3.63) is 161 Å². The first-order valence-corrected chi connectivity index (χ1v) is 23.1. The van der Waals surface area contributed by atoms with Gasteiger partial charge >= 0.3 is 0 Å². The Balaban J connectivity index is 1.13. The molecule has 8 aromatic rings. The molecular formula is C59H59BN2O. The van der Waals surface area contributed by atoms with Crippen LogP contribution in [0.3, 0.4) is 0 Å². The van der Waals surface area contributed by atoms with Crippen molar-refractivity contribution in [1.29, 1.82) is 0 Å². The summed E-state index contributed by atoms with van der Waals surface area (Å²) in [5.41, 5.74) is 22.8. The fourth-order valence-corrected chi connectivity index (χ4v) is 11.0. The number of aryl methyl sites for hydroxylation is 1. The maximum absolute atomic E-state index is 6.32. The van der Waals surface area contributed by atoms with Gasteiger partial charge in [-0.15, -0.1) is 0 Å². The molecule has 314 valence electrons. The summed E-state index contributed by atoms with van der Waals surface area (Å²) in [5, 5.41) is 2.31. The van der Waals surface area contributed by atoms with Crippen molar-refractivity contribution in [2.45, 2.75) is 111 Å². The maximum Gasteiger partial charge on any atom is 0.252 e. The zero-order valence-electron chi connectivity index (χ0n) is 39.0. The largest absolute Gasteiger partial charge is 0.456 e. The highest BCUT2D eigenvalue weighted by molar-refractivity contribution is 7.00. The summed E-state index contributed by atoms with van der Waals surface area (Å²) in [7, 11) is 0. The molecule has 2 aliphatic heterocycles. The van der Waals surface area contributed by atoms with Crippen LogP contribution in [0.25, 0.3) is 33.1 Å². The maximum atomic E-state index is 6.32. The molecule has 3 aliphatic rings. The summed E-state index contributed by atoms with van der Waals surface area (Å²) in [6, 6.07) is 51.1. The normalized spacial score (nSPS) is 16.2. The summed E-state index contributed by atoms with van der Waals surface area (Å²) in [6.07, 6.45) is 2.38. The van der Waals surface area contributed by atoms with Gasteiger partial charge in [0, 0.05) is 44.9 Å². The standard InChI is InChI=1S/C59H59BN2O/c1-36-30-51-55-52(31-36)62(42-23-25-45-46(35-42)59(10,11)29-28-58(45,8)9)49-27-20-39(56(2,3)4)33-48(49)60(55)47-26-19-40(57(5,6)7)34-50(47)61(51)41-21-16-37(17-22-41)38-18-24-44-43-14-12-13-15-53(43)63-54(44)32-38/h12-27,30-35H,28-29H2,1-11H3. The highest BCUT2D eigenvalue weighted by atomic mass is 16.3. The molecule has 11 rings (SSSR count). The van der Waals surface area contributed by atoms with Crippen molar-refractivity contribution in [2.75, 3.05) is 9.80 Å². The number of para-hydroxylation sites is 1. The quantitative estimate of drug-likeness (QED) is 0.166. The van der Waals surface area contributed by atoms with E-state index in [4.69, 9.17) is 4.42 Å². The minimum atomic E-state index is -0.0205. The second kappa shape index (κ2) is 13.5. The molecule has 4 heteroatoms. The van der Waals surface area contributed by atoms with Crippen LogP contribution in [0.5, 0.6) is 0 Å². The lowest BCUT2D eigenvalue weighted by atomic mass is 9.33. The van der Waals surface area contributed by atoms with Gasteiger partial charge in [0.15, 0.2) is 0 Å². The topological polar surface area (TPSA) is 19.6 Å². The predicted molar refractivity (Wildman–Crippen MR) is 271 cm³/mol. The third kappa shape index (κ3) is 6.22. The van der Waals surface area contributed by atoms with Crippen LogP contribution in [-0.4, -0.2) is 6.71 Å². The molecule has 0 bridgehead atoms. The Kier molecular flexibility index (Phi) is 8.54. The lowest BCUT2D eigenvalue weighted by Crippen LogP contribution is -2.61. The Morgan fingerprint density at radius 1 is 0.492 bits per heavy atom. The monoisotopic (exact) mass is 822 g/mol. The third-order valence-electron chi connectivity index (χ3n) is 14.9. The summed E-state index contributed by atoms with van der Waals surface area (Å²) in [4.78, 5) is 5.17. The van der Waals surface area contributed by atoms with Gasteiger partial charge in [-0.25, -0.2) is 0 Å². The second-order valence-electron chi connectivity index (χ2n) is 22.2. The van der Waals surface area contributed by atoms with Crippen molar-refractivity contribution < 1.29 is 4.42 Å². The van der Waals surface area contributed by atoms with Gasteiger partial charge in [0.2, 0.25) is 0 Å². The molecule has 0 spiro atoms. The molecule has 1 aliphatic carbocycles. The zero-order chi connectivity index (χ0) is 44.0. The molecule has 0 amide bonds. The van der Waals surface area contributed by atoms with E-state index >= 15 is 0 Å². The SMILES string of the molecule is Cc1cc2c3c(c1)N(c1ccc(-c4ccc5c(c4)oc4ccccc45)cc1)c1cc(C(C)(C)C)ccc1B3c1cc(C(C)(C)C)ccc1N2c1ccc2c(c1)C(C)(C)CCC2(C)C. The Labute approximate surface area is 374 Å². The van der Waals surface area contributed by atoms with E-state index in [-0.39, 0.29) is 28.4 Å². The van der Waals surface area contributed by atoms with Gasteiger partial charge in [-0.05, 0) is 163 Å². The second-order valence-corrected chi connectivity index (χ2v) is 22.2. The minimum absolute atomic E-state index is 0.00597. The minimum Gasteiger partial charge on any atom is -0.456 e. The van der Waals surface area contributed by atoms with E-state index in [0.717, 1.165) is 33.2 Å². The van der Waals surface area contributed by atoms with Crippen molar-refractivity contribution in [2.24, 2.45) is 0 Å². The lowest BCUT2D eigenvalue weighted by Gasteiger charge is -2.46. The molecule has 0 unspecified atom stereocenters. The van der Waals surface area contributed by atoms with Crippen molar-refractivity contribution in [1.82, 2.24) is 0 Å². The summed E-state index contributed by atoms with van der Waals surface area (Å²) in [6.45, 7) is 26.1. The third-order valence-corrected chi connectivity index (χ3v) is 14.9. The summed E-state index contributed by atoms with van der Waals surface area (Å²) < 4.78 is 6.32. The molecule has 0 saturated carbocycles. The average molecular weight is 823 g/mol. The molecule has 0 N–H and O–H groups in total. The van der Waals surface area contributed by atoms with Crippen LogP contribution in [0, 0.1) is 6.92 Å². The number of fused-ring (bicyclic) bond motifs is 8. The van der Waals surface area contributed by atoms with E-state index < -0.39 is 0 Å². The molecule has 0 radical (unpaired) electrons. The molecule has 7 aromatic carbocycles. The molecule has 3 nitrogen and oxygen atoms in total. The van der Waals surface area contributed by atoms with Crippen LogP contribution in [0.1, 0.15) is 110 Å². The van der Waals surface area contributed by atoms with Gasteiger partial charge in [-0.2, -0.15) is 0 Å². The van der Waals surface area contributed by atoms with E-state index in [1.54, 1.807) is 0 Å². The fourth-order valence-electron chi connectivity index (χ4n) is 11.0. The van der Waals surface area contributed by atoms with E-state index in [1.807, 2.05) is 6.07 Å². The van der Waals surface area contributed by atoms with E-state index in [2.05, 4.69) is 213 Å². The highest BCUT2D eigenvalue weighted by Gasteiger charge is 2.45. The van der Waals surface area contributed by atoms with Crippen molar-refractivity contribution >= 4 is 79.2 Å². The van der Waals surface area contributed by atoms with Gasteiger partial charge in [-0.1, -0.05) is 136 Å². The number of hydrogen-bond acceptors (Lipinski definition) is 3. The summed E-state index contributed by atoms with van der Waals surface area (Å²) in [5.74, 6) is 0. The van der Waals surface area contributed by atoms with Crippen LogP contribution in [0.2, 0.25) is 0 Å². The number of nitrogens with zero attached hydrogens (tertiary/aromatic N) is 2. The highest BCUT2D eigenvalue weighted by Crippen LogP contribution is 2.50. The fraction of sp³-hybridized carbons (Fsp3) is 0.288. The number of furan rings is 1. The number of hydrogen-bond donors (Lipinski definition) is 0. The number of rotatable bonds is 3. The molecule has 63 heavy (non-hydrogen) atoms. The molecule has 0 atom stereocenters. The average Bonchev–Trinajstić information content (AvgIpc) is 3.62. The Bertz CT molecular complexity index is 3170. The van der Waals surface area contributed by atoms with E-state index in [1.165, 1.54) is 91.0 Å². The predicted octanol–water partition coefficient (Wildman–Crippen LogP) is 14.6. The molecule has 0 saturated heterocycles. The van der Waals surface area contributed by atoms with Gasteiger partial charge in [0.05, 0.1) is 0 Å². The van der Waals surface area contributed by atoms with Gasteiger partial charge in [0.1, 0.15) is 11.2 Å². The van der Waals surface area contributed by atoms with Crippen LogP contribution < -0.4 is 26.2 Å². The Morgan fingerprint density at radius 2 is 1.10 bits per heavy atom. The van der Waals surface area contributed by atoms with Crippen molar-refractivity contribution in [3.8, 4) is 11.1 Å². The van der Waals surface area contributed by atoms with Crippen LogP contribution >= 0.6 is 0 Å². The van der Waals surface area contributed by atoms with Crippen LogP contribution in [0.4, 0.5) is 34.1 Å². The first-order chi connectivity index (χ1) is 29.9. The summed E-state index contributed by atoms with van der Waals surface area (Å²) >= 11 is 0. The molecule has 0 fully saturated rings. The van der Waals surface area contributed by atoms with E-state index in [0.29, 0.717) is 0 Å². The first-order valence-electron chi connectivity index (χ1n) is 23.1. The Hall–Kier alpha value is -6.00. The van der Waals surface area contributed by atoms with E-state index in [9.17, 15) is 0 Å². The number of anilines is 6. The molecule has 3 heterocycles. The lowest BCUT2D eigenvalue weighted by molar-refractivity contribution is 0.332. The zero-order valence-corrected chi connectivity index (χ0v) is 39.0. The van der Waals surface area contributed by atoms with Crippen LogP contribution in [0.15, 0.2) is 138 Å². The number of benzene rings is 7. The van der Waals surface area contributed by atoms with Gasteiger partial charge in [-0.3, -0.25) is 0 Å². The van der Waals surface area contributed by atoms with Gasteiger partial charge < -0.3 is 14.2 Å². The van der Waals surface area contributed by atoms with Gasteiger partial charge in [0.25, 0.3) is 6.71 Å². The Morgan fingerprint density at radius 3 is 1.81 bits per heavy atom.